The maximum absolute atomic E-state index is 10.8. The summed E-state index contributed by atoms with van der Waals surface area (Å²) in [7, 11) is 1.42. The highest BCUT2D eigenvalue weighted by Gasteiger charge is 2.45. The van der Waals surface area contributed by atoms with Crippen LogP contribution in [0.3, 0.4) is 0 Å². The summed E-state index contributed by atoms with van der Waals surface area (Å²) >= 11 is 0. The molecule has 2 aromatic rings. The smallest absolute Gasteiger partial charge is 0.229 e. The van der Waals surface area contributed by atoms with Gasteiger partial charge in [-0.25, -0.2) is 0 Å². The van der Waals surface area contributed by atoms with Gasteiger partial charge in [0.2, 0.25) is 6.29 Å². The van der Waals surface area contributed by atoms with E-state index in [9.17, 15) is 35.7 Å². The summed E-state index contributed by atoms with van der Waals surface area (Å²) in [5.41, 5.74) is 1.13. The number of aliphatic hydroxyl groups is 5. The van der Waals surface area contributed by atoms with Gasteiger partial charge < -0.3 is 54.7 Å². The Morgan fingerprint density at radius 3 is 2.38 bits per heavy atom. The van der Waals surface area contributed by atoms with Crippen molar-refractivity contribution in [1.82, 2.24) is 0 Å². The van der Waals surface area contributed by atoms with E-state index in [1.54, 1.807) is 13.0 Å². The van der Waals surface area contributed by atoms with Gasteiger partial charge in [-0.05, 0) is 24.6 Å². The molecule has 7 N–H and O–H groups in total. The van der Waals surface area contributed by atoms with E-state index in [1.807, 2.05) is 0 Å². The largest absolute Gasteiger partial charge is 0.507 e. The second-order valence-corrected chi connectivity index (χ2v) is 8.38. The molecule has 0 aromatic heterocycles. The molecule has 2 aliphatic rings. The lowest BCUT2D eigenvalue weighted by Gasteiger charge is -2.40. The lowest BCUT2D eigenvalue weighted by molar-refractivity contribution is -0.277. The molecule has 1 saturated heterocycles. The van der Waals surface area contributed by atoms with Gasteiger partial charge in [0.1, 0.15) is 47.8 Å². The quantitative estimate of drug-likeness (QED) is 0.297. The van der Waals surface area contributed by atoms with Gasteiger partial charge in [0.25, 0.3) is 0 Å². The molecule has 0 saturated carbocycles. The first-order valence-corrected chi connectivity index (χ1v) is 10.7. The molecular weight excluding hydrogens is 452 g/mol. The topological polar surface area (TPSA) is 179 Å². The lowest BCUT2D eigenvalue weighted by Crippen LogP contribution is -2.60. The summed E-state index contributed by atoms with van der Waals surface area (Å²) in [6.07, 6.45) is -9.41. The monoisotopic (exact) mass is 480 g/mol. The minimum atomic E-state index is -1.65. The maximum Gasteiger partial charge on any atom is 0.229 e. The molecule has 2 heterocycles. The minimum Gasteiger partial charge on any atom is -0.507 e. The molecule has 1 fully saturated rings. The molecular formula is C23H28O11. The van der Waals surface area contributed by atoms with Crippen LogP contribution in [0.25, 0.3) is 0 Å². The van der Waals surface area contributed by atoms with Crippen LogP contribution in [0.5, 0.6) is 28.7 Å². The fourth-order valence-corrected chi connectivity index (χ4v) is 4.22. The molecule has 2 aliphatic heterocycles. The van der Waals surface area contributed by atoms with E-state index < -0.39 is 49.5 Å². The highest BCUT2D eigenvalue weighted by molar-refractivity contribution is 5.58. The number of aromatic hydroxyl groups is 2. The Hall–Kier alpha value is -2.80. The highest BCUT2D eigenvalue weighted by Crippen LogP contribution is 2.46. The number of phenolic OH excluding ortho intramolecular Hbond substituents is 2. The molecule has 0 radical (unpaired) electrons. The number of phenols is 2. The van der Waals surface area contributed by atoms with Gasteiger partial charge in [-0.3, -0.25) is 0 Å². The van der Waals surface area contributed by atoms with Gasteiger partial charge in [0, 0.05) is 23.6 Å². The van der Waals surface area contributed by atoms with Crippen LogP contribution in [0.4, 0.5) is 0 Å². The van der Waals surface area contributed by atoms with Crippen molar-refractivity contribution < 1.29 is 54.7 Å². The predicted molar refractivity (Wildman–Crippen MR) is 115 cm³/mol. The van der Waals surface area contributed by atoms with E-state index in [0.29, 0.717) is 11.1 Å². The van der Waals surface area contributed by atoms with Crippen LogP contribution >= 0.6 is 0 Å². The number of benzene rings is 2. The van der Waals surface area contributed by atoms with Crippen LogP contribution in [0.1, 0.15) is 22.8 Å². The molecule has 2 aromatic carbocycles. The summed E-state index contributed by atoms with van der Waals surface area (Å²) in [5.74, 6) is 0.215. The molecule has 4 rings (SSSR count). The molecule has 7 atom stereocenters. The van der Waals surface area contributed by atoms with Crippen LogP contribution in [0.2, 0.25) is 0 Å². The van der Waals surface area contributed by atoms with Crippen molar-refractivity contribution in [2.45, 2.75) is 56.3 Å². The van der Waals surface area contributed by atoms with Gasteiger partial charge in [-0.2, -0.15) is 0 Å². The molecule has 34 heavy (non-hydrogen) atoms. The zero-order chi connectivity index (χ0) is 24.7. The van der Waals surface area contributed by atoms with Crippen LogP contribution in [0, 0.1) is 6.92 Å². The summed E-state index contributed by atoms with van der Waals surface area (Å²) in [6, 6.07) is 5.96. The van der Waals surface area contributed by atoms with E-state index in [2.05, 4.69) is 0 Å². The third-order valence-corrected chi connectivity index (χ3v) is 6.19. The fourth-order valence-electron chi connectivity index (χ4n) is 4.22. The summed E-state index contributed by atoms with van der Waals surface area (Å²) in [4.78, 5) is 0. The molecule has 0 bridgehead atoms. The molecule has 0 spiro atoms. The molecule has 0 aliphatic carbocycles. The molecule has 11 heteroatoms. The highest BCUT2D eigenvalue weighted by atomic mass is 16.7. The summed E-state index contributed by atoms with van der Waals surface area (Å²) < 4.78 is 22.2. The molecule has 0 unspecified atom stereocenters. The number of aliphatic hydroxyl groups excluding tert-OH is 5. The summed E-state index contributed by atoms with van der Waals surface area (Å²) in [5, 5.41) is 71.2. The second-order valence-electron chi connectivity index (χ2n) is 8.38. The van der Waals surface area contributed by atoms with E-state index in [-0.39, 0.29) is 40.7 Å². The second kappa shape index (κ2) is 9.45. The normalized spacial score (nSPS) is 30.9. The van der Waals surface area contributed by atoms with Gasteiger partial charge in [-0.1, -0.05) is 6.07 Å². The minimum absolute atomic E-state index is 0.0284. The zero-order valence-corrected chi connectivity index (χ0v) is 18.5. The standard InChI is InChI=1S/C23H28O11/c1-9-12(25)7-16-11(21(9)34-23-20(30)19(29)18(28)17(8-24)33-23)6-14(27)22(32-16)10-3-4-15(31-2)13(26)5-10/h3-5,7,14,17-20,22-30H,6,8H2,1-2H3/t14-,17+,18+,19-,20+,22-,23-/m0/s1. The Labute approximate surface area is 195 Å². The van der Waals surface area contributed by atoms with Crippen LogP contribution in [0.15, 0.2) is 24.3 Å². The van der Waals surface area contributed by atoms with E-state index >= 15 is 0 Å². The van der Waals surface area contributed by atoms with Crippen LogP contribution < -0.4 is 14.2 Å². The average molecular weight is 480 g/mol. The van der Waals surface area contributed by atoms with Crippen molar-refractivity contribution in [2.24, 2.45) is 0 Å². The van der Waals surface area contributed by atoms with Gasteiger partial charge in [-0.15, -0.1) is 0 Å². The first-order valence-electron chi connectivity index (χ1n) is 10.7. The van der Waals surface area contributed by atoms with Gasteiger partial charge >= 0.3 is 0 Å². The average Bonchev–Trinajstić information content (AvgIpc) is 2.82. The Balaban J connectivity index is 1.66. The Bertz CT molecular complexity index is 1040. The van der Waals surface area contributed by atoms with E-state index in [0.717, 1.165) is 0 Å². The van der Waals surface area contributed by atoms with Crippen molar-refractivity contribution in [3.05, 3.63) is 41.0 Å². The van der Waals surface area contributed by atoms with Crippen LogP contribution in [-0.2, 0) is 11.2 Å². The first kappa shape index (κ1) is 24.3. The Kier molecular flexibility index (Phi) is 6.76. The van der Waals surface area contributed by atoms with Crippen molar-refractivity contribution in [2.75, 3.05) is 13.7 Å². The van der Waals surface area contributed by atoms with Crippen molar-refractivity contribution in [3.8, 4) is 28.7 Å². The lowest BCUT2D eigenvalue weighted by atomic mass is 9.92. The number of hydrogen-bond donors (Lipinski definition) is 7. The number of methoxy groups -OCH3 is 1. The van der Waals surface area contributed by atoms with Gasteiger partial charge in [0.05, 0.1) is 19.8 Å². The third-order valence-electron chi connectivity index (χ3n) is 6.19. The molecule has 11 nitrogen and oxygen atoms in total. The molecule has 0 amide bonds. The van der Waals surface area contributed by atoms with E-state index in [1.165, 1.54) is 25.3 Å². The number of fused-ring (bicyclic) bond motifs is 1. The van der Waals surface area contributed by atoms with Crippen molar-refractivity contribution in [1.29, 1.82) is 0 Å². The van der Waals surface area contributed by atoms with Crippen molar-refractivity contribution in [3.63, 3.8) is 0 Å². The number of rotatable bonds is 5. The van der Waals surface area contributed by atoms with Crippen LogP contribution in [-0.4, -0.2) is 86.3 Å². The maximum atomic E-state index is 10.8. The summed E-state index contributed by atoms with van der Waals surface area (Å²) in [6.45, 7) is 0.926. The number of hydrogen-bond acceptors (Lipinski definition) is 11. The van der Waals surface area contributed by atoms with Gasteiger partial charge in [0.15, 0.2) is 11.5 Å². The van der Waals surface area contributed by atoms with Crippen molar-refractivity contribution >= 4 is 0 Å². The first-order chi connectivity index (χ1) is 16.2. The Morgan fingerprint density at radius 1 is 1.00 bits per heavy atom. The zero-order valence-electron chi connectivity index (χ0n) is 18.5. The SMILES string of the molecule is COc1ccc([C@@H]2Oc3cc(O)c(C)c(O[C@@H]4O[C@H](CO)[C@@H](O)[C@H](O)[C@H]4O)c3C[C@@H]2O)cc1O. The Morgan fingerprint density at radius 2 is 1.74 bits per heavy atom. The third kappa shape index (κ3) is 4.22. The van der Waals surface area contributed by atoms with E-state index in [4.69, 9.17) is 18.9 Å². The molecule has 186 valence electrons. The fraction of sp³-hybridized carbons (Fsp3) is 0.478. The predicted octanol–water partition coefficient (Wildman–Crippen LogP) is -0.369. The number of ether oxygens (including phenoxy) is 4.